The van der Waals surface area contributed by atoms with Gasteiger partial charge in [-0.25, -0.2) is 4.99 Å². The summed E-state index contributed by atoms with van der Waals surface area (Å²) in [5.41, 5.74) is 3.09. The Morgan fingerprint density at radius 3 is 2.50 bits per heavy atom. The van der Waals surface area contributed by atoms with E-state index in [1.165, 1.54) is 17.3 Å². The molecule has 1 amide bonds. The second-order valence-corrected chi connectivity index (χ2v) is 7.46. The minimum atomic E-state index is 0.00605. The van der Waals surface area contributed by atoms with Crippen LogP contribution in [-0.2, 0) is 11.2 Å². The van der Waals surface area contributed by atoms with Crippen molar-refractivity contribution < 1.29 is 9.53 Å². The van der Waals surface area contributed by atoms with Crippen LogP contribution in [0, 0.1) is 0 Å². The highest BCUT2D eigenvalue weighted by Gasteiger charge is 2.32. The van der Waals surface area contributed by atoms with Gasteiger partial charge in [-0.3, -0.25) is 9.69 Å². The zero-order valence-electron chi connectivity index (χ0n) is 16.6. The maximum atomic E-state index is 12.8. The summed E-state index contributed by atoms with van der Waals surface area (Å²) in [5, 5.41) is 0.738. The van der Waals surface area contributed by atoms with Crippen molar-refractivity contribution in [1.29, 1.82) is 0 Å². The molecule has 0 radical (unpaired) electrons. The molecule has 0 N–H and O–H groups in total. The molecule has 28 heavy (non-hydrogen) atoms. The van der Waals surface area contributed by atoms with Crippen LogP contribution >= 0.6 is 11.8 Å². The van der Waals surface area contributed by atoms with E-state index in [0.717, 1.165) is 35.0 Å². The van der Waals surface area contributed by atoms with Crippen LogP contribution in [0.2, 0.25) is 0 Å². The van der Waals surface area contributed by atoms with Crippen molar-refractivity contribution in [3.05, 3.63) is 64.6 Å². The fourth-order valence-corrected chi connectivity index (χ4v) is 3.98. The first-order valence-corrected chi connectivity index (χ1v) is 10.6. The molecule has 3 rings (SSSR count). The number of thioether (sulfide) groups is 1. The van der Waals surface area contributed by atoms with Gasteiger partial charge in [-0.1, -0.05) is 44.2 Å². The Balaban J connectivity index is 1.85. The number of amides is 1. The molecule has 0 atom stereocenters. The molecule has 0 aliphatic carbocycles. The van der Waals surface area contributed by atoms with Crippen molar-refractivity contribution >= 4 is 34.6 Å². The molecule has 1 fully saturated rings. The van der Waals surface area contributed by atoms with E-state index in [1.54, 1.807) is 4.90 Å². The number of likely N-dealkylation sites (N-methyl/N-ethyl adjacent to an activating group) is 1. The van der Waals surface area contributed by atoms with Crippen LogP contribution in [0.3, 0.4) is 0 Å². The van der Waals surface area contributed by atoms with E-state index < -0.39 is 0 Å². The first kappa shape index (κ1) is 20.2. The lowest BCUT2D eigenvalue weighted by Crippen LogP contribution is -2.28. The Kier molecular flexibility index (Phi) is 6.93. The molecule has 2 aromatic carbocycles. The summed E-state index contributed by atoms with van der Waals surface area (Å²) < 4.78 is 5.62. The molecule has 146 valence electrons. The second-order valence-electron chi connectivity index (χ2n) is 6.45. The molecule has 0 unspecified atom stereocenters. The molecule has 1 saturated heterocycles. The highest BCUT2D eigenvalue weighted by atomic mass is 32.2. The molecule has 1 heterocycles. The molecular weight excluding hydrogens is 368 g/mol. The first-order chi connectivity index (χ1) is 13.7. The van der Waals surface area contributed by atoms with Crippen LogP contribution in [-0.4, -0.2) is 29.1 Å². The standard InChI is InChI=1S/C23H26N2O2S/c1-4-15-27-19-13-11-17(12-14-19)16-21-22(26)25(6-3)23(28-21)24-20-10-8-7-9-18(20)5-2/h7-14,16H,4-6,15H2,1-3H3/b21-16+,24-23?. The molecule has 4 nitrogen and oxygen atoms in total. The zero-order chi connectivity index (χ0) is 19.9. The number of nitrogens with zero attached hydrogens (tertiary/aromatic N) is 2. The Hall–Kier alpha value is -2.53. The number of carbonyl (C=O) groups excluding carboxylic acids is 1. The van der Waals surface area contributed by atoms with E-state index in [0.29, 0.717) is 18.1 Å². The molecule has 0 bridgehead atoms. The number of benzene rings is 2. The third-order valence-electron chi connectivity index (χ3n) is 4.44. The van der Waals surface area contributed by atoms with Crippen LogP contribution in [0.1, 0.15) is 38.3 Å². The number of para-hydroxylation sites is 1. The fraction of sp³-hybridized carbons (Fsp3) is 0.304. The van der Waals surface area contributed by atoms with E-state index in [-0.39, 0.29) is 5.91 Å². The summed E-state index contributed by atoms with van der Waals surface area (Å²) >= 11 is 1.43. The zero-order valence-corrected chi connectivity index (χ0v) is 17.5. The van der Waals surface area contributed by atoms with Gasteiger partial charge in [-0.05, 0) is 66.9 Å². The summed E-state index contributed by atoms with van der Waals surface area (Å²) in [6, 6.07) is 15.9. The van der Waals surface area contributed by atoms with Gasteiger partial charge in [0.1, 0.15) is 5.75 Å². The molecule has 1 aliphatic heterocycles. The summed E-state index contributed by atoms with van der Waals surface area (Å²) in [4.78, 5) is 20.1. The van der Waals surface area contributed by atoms with Crippen molar-refractivity contribution in [3.63, 3.8) is 0 Å². The lowest BCUT2D eigenvalue weighted by molar-refractivity contribution is -0.122. The highest BCUT2D eigenvalue weighted by Crippen LogP contribution is 2.34. The van der Waals surface area contributed by atoms with E-state index >= 15 is 0 Å². The Bertz CT molecular complexity index is 888. The summed E-state index contributed by atoms with van der Waals surface area (Å²) in [7, 11) is 0. The normalized spacial score (nSPS) is 17.0. The van der Waals surface area contributed by atoms with Crippen LogP contribution < -0.4 is 4.74 Å². The Labute approximate surface area is 171 Å². The molecule has 0 saturated carbocycles. The first-order valence-electron chi connectivity index (χ1n) is 9.77. The lowest BCUT2D eigenvalue weighted by atomic mass is 10.1. The smallest absolute Gasteiger partial charge is 0.266 e. The quantitative estimate of drug-likeness (QED) is 0.569. The van der Waals surface area contributed by atoms with Crippen molar-refractivity contribution in [2.45, 2.75) is 33.6 Å². The summed E-state index contributed by atoms with van der Waals surface area (Å²) in [6.45, 7) is 7.48. The van der Waals surface area contributed by atoms with E-state index in [2.05, 4.69) is 19.9 Å². The number of rotatable bonds is 7. The predicted molar refractivity (Wildman–Crippen MR) is 118 cm³/mol. The van der Waals surface area contributed by atoms with Gasteiger partial charge >= 0.3 is 0 Å². The summed E-state index contributed by atoms with van der Waals surface area (Å²) in [5.74, 6) is 0.856. The third-order valence-corrected chi connectivity index (χ3v) is 5.45. The maximum absolute atomic E-state index is 12.8. The number of carbonyl (C=O) groups is 1. The van der Waals surface area contributed by atoms with E-state index in [4.69, 9.17) is 9.73 Å². The largest absolute Gasteiger partial charge is 0.494 e. The number of hydrogen-bond acceptors (Lipinski definition) is 4. The SMILES string of the molecule is CCCOc1ccc(/C=C2/SC(=Nc3ccccc3CC)N(CC)C2=O)cc1. The van der Waals surface area contributed by atoms with Crippen molar-refractivity contribution in [3.8, 4) is 5.75 Å². The van der Waals surface area contributed by atoms with Crippen LogP contribution in [0.15, 0.2) is 58.4 Å². The monoisotopic (exact) mass is 394 g/mol. The van der Waals surface area contributed by atoms with Gasteiger partial charge in [0.15, 0.2) is 5.17 Å². The number of amidine groups is 1. The number of aliphatic imine (C=N–C) groups is 1. The van der Waals surface area contributed by atoms with Gasteiger partial charge in [-0.15, -0.1) is 0 Å². The molecule has 0 aromatic heterocycles. The van der Waals surface area contributed by atoms with Gasteiger partial charge in [0.05, 0.1) is 17.2 Å². The van der Waals surface area contributed by atoms with Gasteiger partial charge in [0.25, 0.3) is 5.91 Å². The number of aryl methyl sites for hydroxylation is 1. The number of ether oxygens (including phenoxy) is 1. The summed E-state index contributed by atoms with van der Waals surface area (Å²) in [6.07, 6.45) is 3.81. The molecule has 0 spiro atoms. The van der Waals surface area contributed by atoms with Crippen molar-refractivity contribution in [2.75, 3.05) is 13.2 Å². The van der Waals surface area contributed by atoms with Crippen LogP contribution in [0.25, 0.3) is 6.08 Å². The average molecular weight is 395 g/mol. The highest BCUT2D eigenvalue weighted by molar-refractivity contribution is 8.18. The van der Waals surface area contributed by atoms with E-state index in [1.807, 2.05) is 55.5 Å². The van der Waals surface area contributed by atoms with Gasteiger partial charge in [0.2, 0.25) is 0 Å². The van der Waals surface area contributed by atoms with Gasteiger partial charge in [0, 0.05) is 6.54 Å². The Morgan fingerprint density at radius 2 is 1.82 bits per heavy atom. The van der Waals surface area contributed by atoms with Gasteiger partial charge < -0.3 is 4.74 Å². The fourth-order valence-electron chi connectivity index (χ4n) is 2.92. The average Bonchev–Trinajstić information content (AvgIpc) is 3.02. The van der Waals surface area contributed by atoms with Crippen molar-refractivity contribution in [2.24, 2.45) is 4.99 Å². The number of hydrogen-bond donors (Lipinski definition) is 0. The van der Waals surface area contributed by atoms with Crippen molar-refractivity contribution in [1.82, 2.24) is 4.90 Å². The second kappa shape index (κ2) is 9.60. The minimum Gasteiger partial charge on any atom is -0.494 e. The van der Waals surface area contributed by atoms with E-state index in [9.17, 15) is 4.79 Å². The van der Waals surface area contributed by atoms with Gasteiger partial charge in [-0.2, -0.15) is 0 Å². The predicted octanol–water partition coefficient (Wildman–Crippen LogP) is 5.66. The third kappa shape index (κ3) is 4.65. The topological polar surface area (TPSA) is 41.9 Å². The Morgan fingerprint density at radius 1 is 1.07 bits per heavy atom. The van der Waals surface area contributed by atoms with Crippen LogP contribution in [0.4, 0.5) is 5.69 Å². The van der Waals surface area contributed by atoms with Crippen LogP contribution in [0.5, 0.6) is 5.75 Å². The molecule has 5 heteroatoms. The molecule has 1 aliphatic rings. The maximum Gasteiger partial charge on any atom is 0.266 e. The molecular formula is C23H26N2O2S. The minimum absolute atomic E-state index is 0.00605. The molecule has 2 aromatic rings. The lowest BCUT2D eigenvalue weighted by Gasteiger charge is -2.12.